The van der Waals surface area contributed by atoms with Gasteiger partial charge >= 0.3 is 0 Å². The van der Waals surface area contributed by atoms with Crippen LogP contribution >= 0.6 is 11.6 Å². The number of rotatable bonds is 4. The van der Waals surface area contributed by atoms with E-state index in [1.54, 1.807) is 24.3 Å². The van der Waals surface area contributed by atoms with Crippen LogP contribution in [0, 0.1) is 17.1 Å². The lowest BCUT2D eigenvalue weighted by Gasteiger charge is -2.10. The van der Waals surface area contributed by atoms with Crippen molar-refractivity contribution >= 4 is 17.9 Å². The normalized spacial score (nSPS) is 9.85. The Balaban J connectivity index is 2.21. The first-order valence-corrected chi connectivity index (χ1v) is 6.08. The number of benzene rings is 2. The second-order valence-electron chi connectivity index (χ2n) is 3.99. The number of carbonyl (C=O) groups excluding carboxylic acids is 1. The molecule has 100 valence electrons. The molecule has 0 radical (unpaired) electrons. The Hall–Kier alpha value is -2.38. The van der Waals surface area contributed by atoms with Crippen LogP contribution in [0.3, 0.4) is 0 Å². The minimum absolute atomic E-state index is 0.0548. The zero-order valence-corrected chi connectivity index (χ0v) is 11.0. The summed E-state index contributed by atoms with van der Waals surface area (Å²) >= 11 is 5.96. The van der Waals surface area contributed by atoms with Crippen LogP contribution < -0.4 is 4.74 Å². The highest BCUT2D eigenvalue weighted by atomic mass is 35.5. The highest BCUT2D eigenvalue weighted by Crippen LogP contribution is 2.28. The van der Waals surface area contributed by atoms with Gasteiger partial charge in [0.15, 0.2) is 6.29 Å². The number of hydrogen-bond donors (Lipinski definition) is 0. The Morgan fingerprint density at radius 2 is 2.15 bits per heavy atom. The minimum Gasteiger partial charge on any atom is -0.487 e. The molecule has 2 rings (SSSR count). The van der Waals surface area contributed by atoms with Crippen molar-refractivity contribution in [2.24, 2.45) is 0 Å². The van der Waals surface area contributed by atoms with Gasteiger partial charge in [-0.05, 0) is 29.8 Å². The van der Waals surface area contributed by atoms with E-state index in [0.29, 0.717) is 22.4 Å². The van der Waals surface area contributed by atoms with Crippen LogP contribution in [0.25, 0.3) is 0 Å². The standard InChI is InChI=1S/C15H9ClFNO2/c16-13-3-1-2-11(8-19)15(13)20-9-10-4-5-14(17)12(6-10)7-18/h1-6,8H,9H2. The fraction of sp³-hybridized carbons (Fsp3) is 0.0667. The van der Waals surface area contributed by atoms with Crippen LogP contribution in [0.5, 0.6) is 5.75 Å². The van der Waals surface area contributed by atoms with E-state index in [9.17, 15) is 9.18 Å². The number of carbonyl (C=O) groups is 1. The second-order valence-corrected chi connectivity index (χ2v) is 4.40. The van der Waals surface area contributed by atoms with E-state index in [-0.39, 0.29) is 17.9 Å². The summed E-state index contributed by atoms with van der Waals surface area (Å²) in [7, 11) is 0. The molecule has 0 saturated carbocycles. The molecule has 3 nitrogen and oxygen atoms in total. The second kappa shape index (κ2) is 6.18. The van der Waals surface area contributed by atoms with Crippen molar-refractivity contribution in [3.63, 3.8) is 0 Å². The van der Waals surface area contributed by atoms with Crippen molar-refractivity contribution in [2.45, 2.75) is 6.61 Å². The van der Waals surface area contributed by atoms with E-state index in [4.69, 9.17) is 21.6 Å². The van der Waals surface area contributed by atoms with Gasteiger partial charge in [-0.1, -0.05) is 23.7 Å². The summed E-state index contributed by atoms with van der Waals surface area (Å²) in [6, 6.07) is 10.7. The number of nitrogens with zero attached hydrogens (tertiary/aromatic N) is 1. The molecule has 0 N–H and O–H groups in total. The molecular weight excluding hydrogens is 281 g/mol. The van der Waals surface area contributed by atoms with Crippen LogP contribution in [0.4, 0.5) is 4.39 Å². The van der Waals surface area contributed by atoms with E-state index < -0.39 is 5.82 Å². The maximum absolute atomic E-state index is 13.2. The van der Waals surface area contributed by atoms with Gasteiger partial charge in [0.1, 0.15) is 24.2 Å². The van der Waals surface area contributed by atoms with Crippen molar-refractivity contribution in [3.8, 4) is 11.8 Å². The predicted molar refractivity (Wildman–Crippen MR) is 72.3 cm³/mol. The molecule has 5 heteroatoms. The number of hydrogen-bond acceptors (Lipinski definition) is 3. The Kier molecular flexibility index (Phi) is 4.34. The van der Waals surface area contributed by atoms with Crippen LogP contribution in [0.1, 0.15) is 21.5 Å². The molecule has 0 fully saturated rings. The molecule has 20 heavy (non-hydrogen) atoms. The molecule has 0 bridgehead atoms. The van der Waals surface area contributed by atoms with Crippen LogP contribution in [-0.4, -0.2) is 6.29 Å². The number of halogens is 2. The van der Waals surface area contributed by atoms with Crippen LogP contribution in [0.15, 0.2) is 36.4 Å². The molecule has 0 atom stereocenters. The summed E-state index contributed by atoms with van der Waals surface area (Å²) in [5, 5.41) is 9.07. The first kappa shape index (κ1) is 14.0. The van der Waals surface area contributed by atoms with E-state index in [2.05, 4.69) is 0 Å². The van der Waals surface area contributed by atoms with Crippen molar-refractivity contribution in [1.29, 1.82) is 5.26 Å². The lowest BCUT2D eigenvalue weighted by Crippen LogP contribution is -2.00. The highest BCUT2D eigenvalue weighted by molar-refractivity contribution is 6.32. The Labute approximate surface area is 120 Å². The number of aldehydes is 1. The predicted octanol–water partition coefficient (Wildman–Crippen LogP) is 3.74. The third kappa shape index (κ3) is 2.95. The molecule has 2 aromatic rings. The maximum atomic E-state index is 13.2. The van der Waals surface area contributed by atoms with E-state index >= 15 is 0 Å². The van der Waals surface area contributed by atoms with Crippen LogP contribution in [-0.2, 0) is 6.61 Å². The molecule has 2 aromatic carbocycles. The molecule has 0 spiro atoms. The molecule has 0 amide bonds. The van der Waals surface area contributed by atoms with Gasteiger partial charge in [-0.25, -0.2) is 4.39 Å². The monoisotopic (exact) mass is 289 g/mol. The zero-order valence-electron chi connectivity index (χ0n) is 10.3. The van der Waals surface area contributed by atoms with Gasteiger partial charge < -0.3 is 4.74 Å². The highest BCUT2D eigenvalue weighted by Gasteiger charge is 2.09. The van der Waals surface area contributed by atoms with Crippen molar-refractivity contribution in [1.82, 2.24) is 0 Å². The van der Waals surface area contributed by atoms with Gasteiger partial charge in [-0.2, -0.15) is 5.26 Å². The van der Waals surface area contributed by atoms with E-state index in [0.717, 1.165) is 0 Å². The van der Waals surface area contributed by atoms with Crippen molar-refractivity contribution in [3.05, 3.63) is 63.9 Å². The first-order chi connectivity index (χ1) is 9.65. The van der Waals surface area contributed by atoms with Gasteiger partial charge in [0.05, 0.1) is 16.1 Å². The summed E-state index contributed by atoms with van der Waals surface area (Å²) in [5.41, 5.74) is 0.890. The molecule has 0 unspecified atom stereocenters. The number of para-hydroxylation sites is 1. The third-order valence-corrected chi connectivity index (χ3v) is 2.96. The van der Waals surface area contributed by atoms with Gasteiger partial charge in [-0.15, -0.1) is 0 Å². The summed E-state index contributed by atoms with van der Waals surface area (Å²) < 4.78 is 18.7. The molecular formula is C15H9ClFNO2. The van der Waals surface area contributed by atoms with Crippen molar-refractivity contribution < 1.29 is 13.9 Å². The first-order valence-electron chi connectivity index (χ1n) is 5.70. The quantitative estimate of drug-likeness (QED) is 0.806. The smallest absolute Gasteiger partial charge is 0.153 e. The molecule has 0 saturated heterocycles. The molecule has 0 aliphatic heterocycles. The Morgan fingerprint density at radius 3 is 2.85 bits per heavy atom. The minimum atomic E-state index is -0.581. The SMILES string of the molecule is N#Cc1cc(COc2c(Cl)cccc2C=O)ccc1F. The Morgan fingerprint density at radius 1 is 1.35 bits per heavy atom. The summed E-state index contributed by atoms with van der Waals surface area (Å²) in [6.45, 7) is 0.0829. The third-order valence-electron chi connectivity index (χ3n) is 2.66. The van der Waals surface area contributed by atoms with E-state index in [1.165, 1.54) is 18.2 Å². The van der Waals surface area contributed by atoms with E-state index in [1.807, 2.05) is 0 Å². The van der Waals surface area contributed by atoms with Gasteiger partial charge in [0.2, 0.25) is 0 Å². The average molecular weight is 290 g/mol. The molecule has 0 aliphatic carbocycles. The summed E-state index contributed by atoms with van der Waals surface area (Å²) in [6.07, 6.45) is 0.645. The topological polar surface area (TPSA) is 50.1 Å². The number of nitriles is 1. The fourth-order valence-electron chi connectivity index (χ4n) is 1.67. The molecule has 0 aromatic heterocycles. The van der Waals surface area contributed by atoms with Gasteiger partial charge in [0.25, 0.3) is 0 Å². The lowest BCUT2D eigenvalue weighted by atomic mass is 10.1. The lowest BCUT2D eigenvalue weighted by molar-refractivity contribution is 0.111. The summed E-state index contributed by atoms with van der Waals surface area (Å²) in [4.78, 5) is 10.9. The maximum Gasteiger partial charge on any atom is 0.153 e. The Bertz CT molecular complexity index is 695. The average Bonchev–Trinajstić information content (AvgIpc) is 2.47. The molecule has 0 heterocycles. The van der Waals surface area contributed by atoms with Gasteiger partial charge in [-0.3, -0.25) is 4.79 Å². The number of ether oxygens (including phenoxy) is 1. The largest absolute Gasteiger partial charge is 0.487 e. The fourth-order valence-corrected chi connectivity index (χ4v) is 1.91. The van der Waals surface area contributed by atoms with Gasteiger partial charge in [0, 0.05) is 0 Å². The van der Waals surface area contributed by atoms with Crippen molar-refractivity contribution in [2.75, 3.05) is 0 Å². The summed E-state index contributed by atoms with van der Waals surface area (Å²) in [5.74, 6) is -0.311. The van der Waals surface area contributed by atoms with Crippen LogP contribution in [0.2, 0.25) is 5.02 Å². The zero-order chi connectivity index (χ0) is 14.5. The molecule has 0 aliphatic rings.